The van der Waals surface area contributed by atoms with Gasteiger partial charge < -0.3 is 10.2 Å². The summed E-state index contributed by atoms with van der Waals surface area (Å²) in [5.41, 5.74) is 1.06. The Morgan fingerprint density at radius 2 is 1.84 bits per heavy atom. The highest BCUT2D eigenvalue weighted by molar-refractivity contribution is 6.35. The maximum atomic E-state index is 13.4. The summed E-state index contributed by atoms with van der Waals surface area (Å²) in [4.78, 5) is 14.2. The van der Waals surface area contributed by atoms with E-state index in [1.807, 2.05) is 4.90 Å². The minimum atomic E-state index is -0.855. The van der Waals surface area contributed by atoms with Gasteiger partial charge in [-0.05, 0) is 42.7 Å². The van der Waals surface area contributed by atoms with Crippen LogP contribution in [-0.2, 0) is 0 Å². The van der Waals surface area contributed by atoms with Gasteiger partial charge in [-0.25, -0.2) is 8.78 Å². The molecule has 1 aliphatic rings. The van der Waals surface area contributed by atoms with Gasteiger partial charge in [0, 0.05) is 47.0 Å². The molecule has 0 saturated carbocycles. The van der Waals surface area contributed by atoms with Crippen LogP contribution in [0.4, 0.5) is 14.5 Å². The van der Waals surface area contributed by atoms with Crippen molar-refractivity contribution in [3.05, 3.63) is 63.6 Å². The lowest BCUT2D eigenvalue weighted by molar-refractivity contribution is 0.0948. The third-order valence-corrected chi connectivity index (χ3v) is 4.67. The van der Waals surface area contributed by atoms with E-state index in [4.69, 9.17) is 23.2 Å². The number of benzene rings is 2. The quantitative estimate of drug-likeness (QED) is 0.839. The molecule has 1 unspecified atom stereocenters. The zero-order valence-electron chi connectivity index (χ0n) is 13.2. The number of nitrogens with zero attached hydrogens (tertiary/aromatic N) is 1. The van der Waals surface area contributed by atoms with Crippen molar-refractivity contribution in [2.24, 2.45) is 5.92 Å². The molecular formula is C18H16Cl2F2N2O. The van der Waals surface area contributed by atoms with Gasteiger partial charge in [0.15, 0.2) is 11.6 Å². The van der Waals surface area contributed by atoms with Crippen LogP contribution >= 0.6 is 23.2 Å². The van der Waals surface area contributed by atoms with E-state index < -0.39 is 11.6 Å². The Balaban J connectivity index is 1.56. The van der Waals surface area contributed by atoms with Gasteiger partial charge in [0.05, 0.1) is 0 Å². The summed E-state index contributed by atoms with van der Waals surface area (Å²) in [7, 11) is 0. The van der Waals surface area contributed by atoms with Gasteiger partial charge in [-0.3, -0.25) is 4.79 Å². The van der Waals surface area contributed by atoms with Crippen LogP contribution in [0.1, 0.15) is 16.8 Å². The van der Waals surface area contributed by atoms with E-state index in [0.29, 0.717) is 34.4 Å². The average molecular weight is 385 g/mol. The van der Waals surface area contributed by atoms with Crippen LogP contribution in [0.2, 0.25) is 10.0 Å². The van der Waals surface area contributed by atoms with E-state index in [2.05, 4.69) is 5.32 Å². The van der Waals surface area contributed by atoms with Crippen molar-refractivity contribution >= 4 is 34.8 Å². The van der Waals surface area contributed by atoms with Crippen molar-refractivity contribution in [3.63, 3.8) is 0 Å². The van der Waals surface area contributed by atoms with Gasteiger partial charge in [-0.1, -0.05) is 23.2 Å². The monoisotopic (exact) mass is 384 g/mol. The minimum absolute atomic E-state index is 0.228. The Hall–Kier alpha value is -1.85. The van der Waals surface area contributed by atoms with E-state index in [1.165, 1.54) is 6.07 Å². The molecule has 1 saturated heterocycles. The smallest absolute Gasteiger partial charge is 0.251 e. The topological polar surface area (TPSA) is 32.3 Å². The zero-order valence-corrected chi connectivity index (χ0v) is 14.7. The van der Waals surface area contributed by atoms with E-state index in [0.717, 1.165) is 19.0 Å². The Morgan fingerprint density at radius 1 is 1.12 bits per heavy atom. The molecule has 25 heavy (non-hydrogen) atoms. The normalized spacial score (nSPS) is 17.0. The van der Waals surface area contributed by atoms with Crippen LogP contribution in [0.5, 0.6) is 0 Å². The second-order valence-corrected chi connectivity index (χ2v) is 6.94. The Labute approximate surface area is 154 Å². The standard InChI is InChI=1S/C18H16Cl2F2N2O/c19-13-5-12(6-14(20)7-13)18(25)23-9-11-3-4-24(10-11)15-1-2-16(21)17(22)8-15/h1-2,5-8,11H,3-4,9-10H2,(H,23,25). The Bertz CT molecular complexity index is 780. The fourth-order valence-corrected chi connectivity index (χ4v) is 3.47. The molecule has 1 N–H and O–H groups in total. The van der Waals surface area contributed by atoms with Crippen molar-refractivity contribution in [2.75, 3.05) is 24.5 Å². The molecule has 3 rings (SSSR count). The molecule has 2 aromatic carbocycles. The van der Waals surface area contributed by atoms with Gasteiger partial charge >= 0.3 is 0 Å². The summed E-state index contributed by atoms with van der Waals surface area (Å²) in [6.07, 6.45) is 0.857. The molecule has 0 bridgehead atoms. The van der Waals surface area contributed by atoms with Crippen LogP contribution in [-0.4, -0.2) is 25.5 Å². The highest BCUT2D eigenvalue weighted by atomic mass is 35.5. The minimum Gasteiger partial charge on any atom is -0.371 e. The predicted molar refractivity (Wildman–Crippen MR) is 95.5 cm³/mol. The SMILES string of the molecule is O=C(NCC1CCN(c2ccc(F)c(F)c2)C1)c1cc(Cl)cc(Cl)c1. The summed E-state index contributed by atoms with van der Waals surface area (Å²) in [5, 5.41) is 3.68. The largest absolute Gasteiger partial charge is 0.371 e. The van der Waals surface area contributed by atoms with Gasteiger partial charge in [0.1, 0.15) is 0 Å². The summed E-state index contributed by atoms with van der Waals surface area (Å²) in [6, 6.07) is 8.58. The lowest BCUT2D eigenvalue weighted by Crippen LogP contribution is -2.31. The highest BCUT2D eigenvalue weighted by Crippen LogP contribution is 2.25. The van der Waals surface area contributed by atoms with E-state index in [9.17, 15) is 13.6 Å². The number of carbonyl (C=O) groups is 1. The molecule has 1 atom stereocenters. The maximum absolute atomic E-state index is 13.4. The number of nitrogens with one attached hydrogen (secondary N) is 1. The van der Waals surface area contributed by atoms with Gasteiger partial charge in [0.2, 0.25) is 0 Å². The van der Waals surface area contributed by atoms with Crippen molar-refractivity contribution in [2.45, 2.75) is 6.42 Å². The second kappa shape index (κ2) is 7.58. The van der Waals surface area contributed by atoms with Crippen LogP contribution < -0.4 is 10.2 Å². The van der Waals surface area contributed by atoms with E-state index in [-0.39, 0.29) is 11.8 Å². The molecule has 1 amide bonds. The highest BCUT2D eigenvalue weighted by Gasteiger charge is 2.24. The molecule has 0 aromatic heterocycles. The van der Waals surface area contributed by atoms with Crippen LogP contribution in [0.15, 0.2) is 36.4 Å². The molecule has 1 fully saturated rings. The first-order valence-electron chi connectivity index (χ1n) is 7.86. The van der Waals surface area contributed by atoms with Crippen LogP contribution in [0.3, 0.4) is 0 Å². The molecule has 3 nitrogen and oxygen atoms in total. The molecule has 7 heteroatoms. The summed E-state index contributed by atoms with van der Waals surface area (Å²) >= 11 is 11.8. The fourth-order valence-electron chi connectivity index (χ4n) is 2.94. The van der Waals surface area contributed by atoms with Gasteiger partial charge in [-0.2, -0.15) is 0 Å². The Kier molecular flexibility index (Phi) is 5.45. The summed E-state index contributed by atoms with van der Waals surface area (Å²) in [5.74, 6) is -1.72. The van der Waals surface area contributed by atoms with Gasteiger partial charge in [0.25, 0.3) is 5.91 Å². The third kappa shape index (κ3) is 4.41. The molecule has 1 aliphatic heterocycles. The molecule has 1 heterocycles. The van der Waals surface area contributed by atoms with Crippen molar-refractivity contribution < 1.29 is 13.6 Å². The molecule has 0 radical (unpaired) electrons. The fraction of sp³-hybridized carbons (Fsp3) is 0.278. The van der Waals surface area contributed by atoms with Crippen molar-refractivity contribution in [3.8, 4) is 0 Å². The van der Waals surface area contributed by atoms with E-state index in [1.54, 1.807) is 24.3 Å². The number of amides is 1. The number of carbonyl (C=O) groups excluding carboxylic acids is 1. The van der Waals surface area contributed by atoms with Crippen molar-refractivity contribution in [1.82, 2.24) is 5.32 Å². The molecule has 132 valence electrons. The van der Waals surface area contributed by atoms with Crippen LogP contribution in [0.25, 0.3) is 0 Å². The number of anilines is 1. The van der Waals surface area contributed by atoms with Gasteiger partial charge in [-0.15, -0.1) is 0 Å². The number of hydrogen-bond donors (Lipinski definition) is 1. The predicted octanol–water partition coefficient (Wildman–Crippen LogP) is 4.53. The van der Waals surface area contributed by atoms with E-state index >= 15 is 0 Å². The molecule has 0 aliphatic carbocycles. The number of rotatable bonds is 4. The third-order valence-electron chi connectivity index (χ3n) is 4.23. The average Bonchev–Trinajstić information content (AvgIpc) is 3.03. The molecule has 0 spiro atoms. The second-order valence-electron chi connectivity index (χ2n) is 6.07. The zero-order chi connectivity index (χ0) is 18.0. The lowest BCUT2D eigenvalue weighted by atomic mass is 10.1. The first-order valence-corrected chi connectivity index (χ1v) is 8.62. The summed E-state index contributed by atoms with van der Waals surface area (Å²) in [6.45, 7) is 1.89. The molecular weight excluding hydrogens is 369 g/mol. The summed E-state index contributed by atoms with van der Waals surface area (Å²) < 4.78 is 26.4. The maximum Gasteiger partial charge on any atom is 0.251 e. The van der Waals surface area contributed by atoms with Crippen molar-refractivity contribution in [1.29, 1.82) is 0 Å². The first kappa shape index (κ1) is 18.0. The lowest BCUT2D eigenvalue weighted by Gasteiger charge is -2.19. The Morgan fingerprint density at radius 3 is 2.52 bits per heavy atom. The molecule has 2 aromatic rings. The first-order chi connectivity index (χ1) is 11.9. The van der Waals surface area contributed by atoms with Crippen LogP contribution in [0, 0.1) is 17.6 Å². The number of hydrogen-bond acceptors (Lipinski definition) is 2. The number of halogens is 4.